The van der Waals surface area contributed by atoms with E-state index in [0.29, 0.717) is 6.54 Å². The van der Waals surface area contributed by atoms with Gasteiger partial charge < -0.3 is 5.73 Å². The molecule has 1 aromatic heterocycles. The van der Waals surface area contributed by atoms with Gasteiger partial charge in [-0.05, 0) is 19.9 Å². The van der Waals surface area contributed by atoms with Gasteiger partial charge in [-0.3, -0.25) is 0 Å². The Bertz CT molecular complexity index is 230. The van der Waals surface area contributed by atoms with Crippen molar-refractivity contribution in [2.45, 2.75) is 26.7 Å². The Kier molecular flexibility index (Phi) is 3.02. The van der Waals surface area contributed by atoms with Crippen LogP contribution in [-0.4, -0.2) is 11.5 Å². The topological polar surface area (TPSA) is 38.9 Å². The molecular weight excluding hydrogens is 156 g/mol. The third-order valence-electron chi connectivity index (χ3n) is 1.62. The molecule has 0 aromatic carbocycles. The van der Waals surface area contributed by atoms with Crippen molar-refractivity contribution < 1.29 is 0 Å². The van der Waals surface area contributed by atoms with Gasteiger partial charge in [-0.2, -0.15) is 0 Å². The average Bonchev–Trinajstić information content (AvgIpc) is 2.32. The Balaban J connectivity index is 2.77. The SMILES string of the molecule is CCc1sc(CCN)nc1C. The van der Waals surface area contributed by atoms with Crippen molar-refractivity contribution in [3.05, 3.63) is 15.6 Å². The number of rotatable bonds is 3. The highest BCUT2D eigenvalue weighted by atomic mass is 32.1. The van der Waals surface area contributed by atoms with Gasteiger partial charge in [-0.25, -0.2) is 4.98 Å². The minimum absolute atomic E-state index is 0.704. The molecule has 1 rings (SSSR count). The molecule has 0 aliphatic carbocycles. The lowest BCUT2D eigenvalue weighted by molar-refractivity contribution is 0.943. The summed E-state index contributed by atoms with van der Waals surface area (Å²) in [5, 5.41) is 1.18. The molecule has 0 atom stereocenters. The van der Waals surface area contributed by atoms with Gasteiger partial charge in [0.05, 0.1) is 10.7 Å². The van der Waals surface area contributed by atoms with Gasteiger partial charge in [0.1, 0.15) is 0 Å². The third-order valence-corrected chi connectivity index (χ3v) is 2.98. The Labute approximate surface area is 71.5 Å². The van der Waals surface area contributed by atoms with Gasteiger partial charge in [0, 0.05) is 11.3 Å². The molecule has 0 radical (unpaired) electrons. The van der Waals surface area contributed by atoms with Crippen molar-refractivity contribution in [2.75, 3.05) is 6.54 Å². The number of hydrogen-bond donors (Lipinski definition) is 1. The lowest BCUT2D eigenvalue weighted by atomic mass is 10.3. The number of nitrogens with two attached hydrogens (primary N) is 1. The highest BCUT2D eigenvalue weighted by Crippen LogP contribution is 2.18. The van der Waals surface area contributed by atoms with Crippen molar-refractivity contribution in [3.8, 4) is 0 Å². The van der Waals surface area contributed by atoms with E-state index in [1.807, 2.05) is 0 Å². The van der Waals surface area contributed by atoms with Crippen molar-refractivity contribution in [1.82, 2.24) is 4.98 Å². The summed E-state index contributed by atoms with van der Waals surface area (Å²) in [6.07, 6.45) is 2.01. The molecule has 0 bridgehead atoms. The summed E-state index contributed by atoms with van der Waals surface area (Å²) < 4.78 is 0. The quantitative estimate of drug-likeness (QED) is 0.747. The van der Waals surface area contributed by atoms with Crippen LogP contribution in [0.4, 0.5) is 0 Å². The van der Waals surface area contributed by atoms with Crippen LogP contribution in [0.25, 0.3) is 0 Å². The van der Waals surface area contributed by atoms with Crippen LogP contribution in [0.5, 0.6) is 0 Å². The van der Waals surface area contributed by atoms with Gasteiger partial charge in [-0.1, -0.05) is 6.92 Å². The van der Waals surface area contributed by atoms with E-state index in [1.165, 1.54) is 15.6 Å². The maximum Gasteiger partial charge on any atom is 0.0943 e. The van der Waals surface area contributed by atoms with Crippen molar-refractivity contribution in [2.24, 2.45) is 5.73 Å². The zero-order valence-electron chi connectivity index (χ0n) is 7.05. The molecule has 11 heavy (non-hydrogen) atoms. The van der Waals surface area contributed by atoms with Crippen LogP contribution in [0.2, 0.25) is 0 Å². The maximum absolute atomic E-state index is 5.43. The lowest BCUT2D eigenvalue weighted by Gasteiger charge is -1.86. The first-order chi connectivity index (χ1) is 5.27. The van der Waals surface area contributed by atoms with E-state index in [4.69, 9.17) is 5.73 Å². The van der Waals surface area contributed by atoms with Crippen LogP contribution < -0.4 is 5.73 Å². The zero-order chi connectivity index (χ0) is 8.27. The molecule has 1 heterocycles. The van der Waals surface area contributed by atoms with Crippen molar-refractivity contribution in [1.29, 1.82) is 0 Å². The Morgan fingerprint density at radius 3 is 2.73 bits per heavy atom. The molecule has 3 heteroatoms. The number of aryl methyl sites for hydroxylation is 2. The zero-order valence-corrected chi connectivity index (χ0v) is 7.87. The Morgan fingerprint density at radius 1 is 1.55 bits per heavy atom. The highest BCUT2D eigenvalue weighted by molar-refractivity contribution is 7.11. The maximum atomic E-state index is 5.43. The van der Waals surface area contributed by atoms with Crippen molar-refractivity contribution >= 4 is 11.3 Å². The summed E-state index contributed by atoms with van der Waals surface area (Å²) >= 11 is 1.79. The fraction of sp³-hybridized carbons (Fsp3) is 0.625. The number of nitrogens with zero attached hydrogens (tertiary/aromatic N) is 1. The minimum atomic E-state index is 0.704. The molecule has 0 saturated heterocycles. The predicted molar refractivity (Wildman–Crippen MR) is 49.0 cm³/mol. The van der Waals surface area contributed by atoms with Gasteiger partial charge in [0.25, 0.3) is 0 Å². The second-order valence-electron chi connectivity index (χ2n) is 2.51. The van der Waals surface area contributed by atoms with Crippen LogP contribution >= 0.6 is 11.3 Å². The number of hydrogen-bond acceptors (Lipinski definition) is 3. The second-order valence-corrected chi connectivity index (χ2v) is 3.68. The summed E-state index contributed by atoms with van der Waals surface area (Å²) in [7, 11) is 0. The number of thiazole rings is 1. The number of aromatic nitrogens is 1. The molecule has 0 amide bonds. The summed E-state index contributed by atoms with van der Waals surface area (Å²) in [6, 6.07) is 0. The van der Waals surface area contributed by atoms with Crippen molar-refractivity contribution in [3.63, 3.8) is 0 Å². The van der Waals surface area contributed by atoms with E-state index >= 15 is 0 Å². The molecule has 2 nitrogen and oxygen atoms in total. The largest absolute Gasteiger partial charge is 0.330 e. The normalized spacial score (nSPS) is 10.5. The summed E-state index contributed by atoms with van der Waals surface area (Å²) in [4.78, 5) is 5.81. The van der Waals surface area contributed by atoms with Gasteiger partial charge in [0.15, 0.2) is 0 Å². The first-order valence-corrected chi connectivity index (χ1v) is 4.74. The fourth-order valence-corrected chi connectivity index (χ4v) is 2.07. The van der Waals surface area contributed by atoms with E-state index < -0.39 is 0 Å². The van der Waals surface area contributed by atoms with Gasteiger partial charge in [0.2, 0.25) is 0 Å². The van der Waals surface area contributed by atoms with Gasteiger partial charge >= 0.3 is 0 Å². The van der Waals surface area contributed by atoms with Crippen LogP contribution in [0, 0.1) is 6.92 Å². The summed E-state index contributed by atoms with van der Waals surface area (Å²) in [5.41, 5.74) is 6.61. The molecule has 0 spiro atoms. The summed E-state index contributed by atoms with van der Waals surface area (Å²) in [5.74, 6) is 0. The second kappa shape index (κ2) is 3.83. The van der Waals surface area contributed by atoms with Crippen LogP contribution in [0.15, 0.2) is 0 Å². The van der Waals surface area contributed by atoms with E-state index in [1.54, 1.807) is 11.3 Å². The van der Waals surface area contributed by atoms with Crippen LogP contribution in [0.1, 0.15) is 22.5 Å². The molecule has 0 aliphatic rings. The monoisotopic (exact) mass is 170 g/mol. The van der Waals surface area contributed by atoms with E-state index in [2.05, 4.69) is 18.8 Å². The standard InChI is InChI=1S/C8H14N2S/c1-3-7-6(2)10-8(11-7)4-5-9/h3-5,9H2,1-2H3. The van der Waals surface area contributed by atoms with E-state index in [9.17, 15) is 0 Å². The lowest BCUT2D eigenvalue weighted by Crippen LogP contribution is -2.01. The first kappa shape index (κ1) is 8.68. The average molecular weight is 170 g/mol. The molecule has 0 unspecified atom stereocenters. The van der Waals surface area contributed by atoms with E-state index in [-0.39, 0.29) is 0 Å². The summed E-state index contributed by atoms with van der Waals surface area (Å²) in [6.45, 7) is 4.93. The Hall–Kier alpha value is -0.410. The highest BCUT2D eigenvalue weighted by Gasteiger charge is 2.03. The van der Waals surface area contributed by atoms with Crippen LogP contribution in [0.3, 0.4) is 0 Å². The first-order valence-electron chi connectivity index (χ1n) is 3.93. The molecule has 1 aromatic rings. The fourth-order valence-electron chi connectivity index (χ4n) is 1.05. The predicted octanol–water partition coefficient (Wildman–Crippen LogP) is 1.52. The molecule has 0 saturated carbocycles. The molecule has 0 fully saturated rings. The van der Waals surface area contributed by atoms with E-state index in [0.717, 1.165) is 12.8 Å². The Morgan fingerprint density at radius 2 is 2.27 bits per heavy atom. The minimum Gasteiger partial charge on any atom is -0.330 e. The molecular formula is C8H14N2S. The third kappa shape index (κ3) is 2.01. The van der Waals surface area contributed by atoms with Crippen LogP contribution in [-0.2, 0) is 12.8 Å². The molecule has 2 N–H and O–H groups in total. The van der Waals surface area contributed by atoms with Gasteiger partial charge in [-0.15, -0.1) is 11.3 Å². The smallest absolute Gasteiger partial charge is 0.0943 e. The molecule has 62 valence electrons. The molecule has 0 aliphatic heterocycles.